The van der Waals surface area contributed by atoms with Gasteiger partial charge >= 0.3 is 0 Å². The van der Waals surface area contributed by atoms with E-state index in [1.54, 1.807) is 24.6 Å². The number of amides is 1. The second-order valence-corrected chi connectivity index (χ2v) is 12.2. The van der Waals surface area contributed by atoms with Gasteiger partial charge in [0, 0.05) is 36.3 Å². The van der Waals surface area contributed by atoms with Gasteiger partial charge in [-0.1, -0.05) is 24.3 Å². The number of aliphatic hydroxyl groups is 1. The van der Waals surface area contributed by atoms with Gasteiger partial charge in [-0.15, -0.1) is 11.3 Å². The normalized spacial score (nSPS) is 23.3. The molecule has 1 amide bonds. The largest absolute Gasteiger partial charge is 0.496 e. The van der Waals surface area contributed by atoms with Gasteiger partial charge < -0.3 is 20.1 Å². The summed E-state index contributed by atoms with van der Waals surface area (Å²) >= 11 is 1.59. The minimum absolute atomic E-state index is 0.0101. The Labute approximate surface area is 236 Å². The van der Waals surface area contributed by atoms with Crippen molar-refractivity contribution < 1.29 is 14.6 Å². The van der Waals surface area contributed by atoms with Crippen molar-refractivity contribution in [3.05, 3.63) is 70.7 Å². The van der Waals surface area contributed by atoms with Crippen LogP contribution in [0.4, 0.5) is 10.8 Å². The van der Waals surface area contributed by atoms with Gasteiger partial charge in [0.15, 0.2) is 5.13 Å². The summed E-state index contributed by atoms with van der Waals surface area (Å²) in [6, 6.07) is 15.0. The Morgan fingerprint density at radius 1 is 1.08 bits per heavy atom. The van der Waals surface area contributed by atoms with Crippen molar-refractivity contribution in [1.29, 1.82) is 0 Å². The van der Waals surface area contributed by atoms with Crippen LogP contribution in [0.5, 0.6) is 5.75 Å². The molecule has 0 radical (unpaired) electrons. The fraction of sp³-hybridized carbons (Fsp3) is 0.500. The van der Waals surface area contributed by atoms with Crippen LogP contribution in [0.15, 0.2) is 54.0 Å². The molecule has 5 rings (SSSR count). The Hall–Kier alpha value is -2.90. The Kier molecular flexibility index (Phi) is 9.20. The molecule has 0 saturated heterocycles. The topological polar surface area (TPSA) is 74.7 Å². The average Bonchev–Trinajstić information content (AvgIpc) is 3.49. The van der Waals surface area contributed by atoms with Crippen molar-refractivity contribution in [1.82, 2.24) is 4.98 Å². The molecule has 2 aliphatic carbocycles. The lowest BCUT2D eigenvalue weighted by atomic mass is 9.78. The van der Waals surface area contributed by atoms with Gasteiger partial charge in [0.1, 0.15) is 5.75 Å². The second kappa shape index (κ2) is 13.0. The smallest absolute Gasteiger partial charge is 0.230 e. The third-order valence-electron chi connectivity index (χ3n) is 8.59. The lowest BCUT2D eigenvalue weighted by molar-refractivity contribution is -0.124. The maximum Gasteiger partial charge on any atom is 0.230 e. The third-order valence-corrected chi connectivity index (χ3v) is 9.32. The van der Waals surface area contributed by atoms with Gasteiger partial charge in [-0.2, -0.15) is 0 Å². The number of nitrogens with one attached hydrogen (secondary N) is 1. The number of methoxy groups -OCH3 is 1. The first-order valence-electron chi connectivity index (χ1n) is 14.4. The molecule has 2 fully saturated rings. The van der Waals surface area contributed by atoms with Crippen molar-refractivity contribution in [3.63, 3.8) is 0 Å². The molecular formula is C32H41N3O3S. The van der Waals surface area contributed by atoms with Gasteiger partial charge in [0.2, 0.25) is 5.91 Å². The Morgan fingerprint density at radius 3 is 2.56 bits per heavy atom. The fourth-order valence-electron chi connectivity index (χ4n) is 6.28. The molecule has 0 bridgehead atoms. The van der Waals surface area contributed by atoms with Crippen molar-refractivity contribution in [2.45, 2.75) is 76.9 Å². The predicted molar refractivity (Wildman–Crippen MR) is 159 cm³/mol. The highest BCUT2D eigenvalue weighted by Crippen LogP contribution is 2.38. The summed E-state index contributed by atoms with van der Waals surface area (Å²) in [6.45, 7) is 3.54. The van der Waals surface area contributed by atoms with Crippen LogP contribution < -0.4 is 15.0 Å². The molecule has 0 aliphatic heterocycles. The number of hydrogen-bond acceptors (Lipinski definition) is 6. The van der Waals surface area contributed by atoms with Crippen molar-refractivity contribution in [2.75, 3.05) is 23.9 Å². The minimum Gasteiger partial charge on any atom is -0.496 e. The molecule has 7 heteroatoms. The van der Waals surface area contributed by atoms with Crippen LogP contribution in [0.2, 0.25) is 0 Å². The predicted octanol–water partition coefficient (Wildman–Crippen LogP) is 6.93. The van der Waals surface area contributed by atoms with E-state index in [9.17, 15) is 9.90 Å². The first kappa shape index (κ1) is 27.7. The molecule has 3 aromatic rings. The monoisotopic (exact) mass is 547 g/mol. The molecule has 2 N–H and O–H groups in total. The number of hydrogen-bond donors (Lipinski definition) is 2. The number of nitrogens with zero attached hydrogens (tertiary/aromatic N) is 2. The third kappa shape index (κ3) is 7.00. The van der Waals surface area contributed by atoms with Crippen LogP contribution in [-0.4, -0.2) is 35.8 Å². The van der Waals surface area contributed by atoms with E-state index in [0.717, 1.165) is 67.2 Å². The maximum atomic E-state index is 13.9. The van der Waals surface area contributed by atoms with Crippen LogP contribution in [0.3, 0.4) is 0 Å². The molecular weight excluding hydrogens is 506 g/mol. The summed E-state index contributed by atoms with van der Waals surface area (Å²) in [6.07, 6.45) is 9.04. The number of aromatic nitrogens is 1. The Balaban J connectivity index is 1.28. The zero-order chi connectivity index (χ0) is 27.2. The summed E-state index contributed by atoms with van der Waals surface area (Å²) in [5.74, 6) is 2.20. The van der Waals surface area contributed by atoms with Crippen molar-refractivity contribution in [3.8, 4) is 5.75 Å². The molecule has 2 saturated carbocycles. The van der Waals surface area contributed by atoms with Crippen LogP contribution >= 0.6 is 11.3 Å². The number of anilines is 2. The number of aryl methyl sites for hydroxylation is 1. The molecule has 1 heterocycles. The summed E-state index contributed by atoms with van der Waals surface area (Å²) in [7, 11) is 1.73. The van der Waals surface area contributed by atoms with Crippen LogP contribution in [0.25, 0.3) is 0 Å². The number of carbonyl (C=O) groups is 1. The number of aliphatic hydroxyl groups excluding tert-OH is 1. The standard InChI is InChI=1S/C32H41N3O3S/c1-22-18-27(12-15-30(22)38-2)25-8-6-23(7-9-25)21-35(31(37)26-10-13-29(36)14-11-26)28-5-3-4-24(19-28)20-34-32-33-16-17-39-32/h3-5,12,15-19,23,25-26,29,36H,6-11,13-14,20-21H2,1-2H3,(H,33,34)/t23-,25-,26-,29-. The summed E-state index contributed by atoms with van der Waals surface area (Å²) in [4.78, 5) is 20.3. The van der Waals surface area contributed by atoms with Gasteiger partial charge in [-0.05, 0) is 105 Å². The Morgan fingerprint density at radius 2 is 1.87 bits per heavy atom. The van der Waals surface area contributed by atoms with E-state index in [2.05, 4.69) is 64.6 Å². The first-order valence-corrected chi connectivity index (χ1v) is 15.2. The fourth-order valence-corrected chi connectivity index (χ4v) is 6.81. The number of carbonyl (C=O) groups excluding carboxylic acids is 1. The van der Waals surface area contributed by atoms with E-state index in [1.165, 1.54) is 11.1 Å². The van der Waals surface area contributed by atoms with E-state index >= 15 is 0 Å². The summed E-state index contributed by atoms with van der Waals surface area (Å²) < 4.78 is 5.45. The van der Waals surface area contributed by atoms with Crippen LogP contribution in [0.1, 0.15) is 74.0 Å². The van der Waals surface area contributed by atoms with Crippen molar-refractivity contribution >= 4 is 28.1 Å². The van der Waals surface area contributed by atoms with Crippen LogP contribution in [-0.2, 0) is 11.3 Å². The maximum absolute atomic E-state index is 13.9. The van der Waals surface area contributed by atoms with Crippen molar-refractivity contribution in [2.24, 2.45) is 11.8 Å². The molecule has 0 spiro atoms. The molecule has 2 aliphatic rings. The minimum atomic E-state index is -0.264. The summed E-state index contributed by atoms with van der Waals surface area (Å²) in [5.41, 5.74) is 4.72. The molecule has 6 nitrogen and oxygen atoms in total. The van der Waals surface area contributed by atoms with E-state index in [4.69, 9.17) is 4.74 Å². The second-order valence-electron chi connectivity index (χ2n) is 11.3. The van der Waals surface area contributed by atoms with Gasteiger partial charge in [-0.25, -0.2) is 4.98 Å². The van der Waals surface area contributed by atoms with Gasteiger partial charge in [0.05, 0.1) is 13.2 Å². The number of rotatable bonds is 9. The molecule has 1 aromatic heterocycles. The Bertz CT molecular complexity index is 1220. The molecule has 2 aromatic carbocycles. The molecule has 208 valence electrons. The lowest BCUT2D eigenvalue weighted by Crippen LogP contribution is -2.41. The highest BCUT2D eigenvalue weighted by Gasteiger charge is 2.32. The van der Waals surface area contributed by atoms with Gasteiger partial charge in [0.25, 0.3) is 0 Å². The first-order chi connectivity index (χ1) is 19.0. The molecule has 39 heavy (non-hydrogen) atoms. The quantitative estimate of drug-likeness (QED) is 0.304. The zero-order valence-electron chi connectivity index (χ0n) is 23.1. The van der Waals surface area contributed by atoms with E-state index in [1.807, 2.05) is 5.38 Å². The number of thiazole rings is 1. The summed E-state index contributed by atoms with van der Waals surface area (Å²) in [5, 5.41) is 16.3. The van der Waals surface area contributed by atoms with Crippen LogP contribution in [0, 0.1) is 18.8 Å². The number of benzene rings is 2. The average molecular weight is 548 g/mol. The van der Waals surface area contributed by atoms with E-state index in [0.29, 0.717) is 31.2 Å². The SMILES string of the molecule is COc1ccc([C@H]2CC[C@H](CN(c3cccc(CNc4nccs4)c3)C(=O)[C@H]3CC[C@H](O)CC3)CC2)cc1C. The zero-order valence-corrected chi connectivity index (χ0v) is 24.0. The van der Waals surface area contributed by atoms with Gasteiger partial charge in [-0.3, -0.25) is 4.79 Å². The molecule has 0 unspecified atom stereocenters. The highest BCUT2D eigenvalue weighted by molar-refractivity contribution is 7.13. The highest BCUT2D eigenvalue weighted by atomic mass is 32.1. The van der Waals surface area contributed by atoms with E-state index in [-0.39, 0.29) is 17.9 Å². The lowest BCUT2D eigenvalue weighted by Gasteiger charge is -2.36. The molecule has 0 atom stereocenters. The van der Waals surface area contributed by atoms with E-state index < -0.39 is 0 Å². The number of ether oxygens (including phenoxy) is 1.